The number of aromatic nitrogens is 6. The summed E-state index contributed by atoms with van der Waals surface area (Å²) >= 11 is 0. The van der Waals surface area contributed by atoms with Gasteiger partial charge in [0.25, 0.3) is 0 Å². The van der Waals surface area contributed by atoms with Gasteiger partial charge in [-0.3, -0.25) is 4.98 Å². The van der Waals surface area contributed by atoms with E-state index >= 15 is 0 Å². The van der Waals surface area contributed by atoms with Gasteiger partial charge in [0, 0.05) is 30.5 Å². The van der Waals surface area contributed by atoms with E-state index in [9.17, 15) is 0 Å². The van der Waals surface area contributed by atoms with Gasteiger partial charge in [-0.15, -0.1) is 0 Å². The Morgan fingerprint density at radius 3 is 2.54 bits per heavy atom. The number of nitrogens with zero attached hydrogens (tertiary/aromatic N) is 6. The smallest absolute Gasteiger partial charge is 0.183 e. The predicted octanol–water partition coefficient (Wildman–Crippen LogP) is 5.24. The van der Waals surface area contributed by atoms with Gasteiger partial charge in [0.2, 0.25) is 0 Å². The lowest BCUT2D eigenvalue weighted by Gasteiger charge is -2.18. The molecule has 0 fully saturated rings. The molecule has 4 aromatic heterocycles. The van der Waals surface area contributed by atoms with Crippen LogP contribution in [0.3, 0.4) is 0 Å². The van der Waals surface area contributed by atoms with Crippen LogP contribution in [0.1, 0.15) is 17.1 Å². The third kappa shape index (κ3) is 4.79. The molecular weight excluding hydrogens is 457 g/mol. The number of imidazole rings is 1. The maximum absolute atomic E-state index is 6.54. The summed E-state index contributed by atoms with van der Waals surface area (Å²) in [4.78, 5) is 19.2. The molecule has 37 heavy (non-hydrogen) atoms. The molecule has 0 atom stereocenters. The second kappa shape index (κ2) is 9.83. The van der Waals surface area contributed by atoms with Crippen molar-refractivity contribution in [1.29, 1.82) is 0 Å². The second-order valence-electron chi connectivity index (χ2n) is 8.98. The number of pyridine rings is 2. The van der Waals surface area contributed by atoms with Gasteiger partial charge < -0.3 is 9.79 Å². The van der Waals surface area contributed by atoms with Gasteiger partial charge in [0.15, 0.2) is 13.6 Å². The minimum absolute atomic E-state index is 0.438. The van der Waals surface area contributed by atoms with Crippen molar-refractivity contribution in [3.8, 4) is 33.8 Å². The van der Waals surface area contributed by atoms with Crippen LogP contribution in [0.4, 0.5) is 0 Å². The Bertz CT molecular complexity index is 1670. The summed E-state index contributed by atoms with van der Waals surface area (Å²) in [5, 5.41) is 4.28. The molecule has 6 rings (SSSR count). The van der Waals surface area contributed by atoms with E-state index in [-0.39, 0.29) is 0 Å². The van der Waals surface area contributed by atoms with Crippen molar-refractivity contribution in [2.75, 3.05) is 0 Å². The lowest BCUT2D eigenvalue weighted by atomic mass is 9.99. The van der Waals surface area contributed by atoms with Crippen molar-refractivity contribution >= 4 is 13.6 Å². The van der Waals surface area contributed by atoms with Gasteiger partial charge in [-0.05, 0) is 47.9 Å². The van der Waals surface area contributed by atoms with Gasteiger partial charge in [0.1, 0.15) is 12.2 Å². The first-order valence-corrected chi connectivity index (χ1v) is 12.1. The molecule has 0 aliphatic heterocycles. The maximum atomic E-state index is 6.54. The zero-order valence-corrected chi connectivity index (χ0v) is 20.4. The maximum Gasteiger partial charge on any atom is 0.183 e. The highest BCUT2D eigenvalue weighted by Gasteiger charge is 2.18. The van der Waals surface area contributed by atoms with E-state index in [1.54, 1.807) is 9.33 Å². The third-order valence-electron chi connectivity index (χ3n) is 6.27. The Labute approximate surface area is 216 Å². The Balaban J connectivity index is 1.33. The molecule has 2 aromatic carbocycles. The van der Waals surface area contributed by atoms with Gasteiger partial charge in [-0.1, -0.05) is 60.7 Å². The van der Waals surface area contributed by atoms with Crippen LogP contribution in [0.5, 0.6) is 0 Å². The van der Waals surface area contributed by atoms with Crippen LogP contribution >= 0.6 is 0 Å². The minimum Gasteiger partial charge on any atom is -0.344 e. The van der Waals surface area contributed by atoms with Crippen molar-refractivity contribution in [3.05, 3.63) is 115 Å². The summed E-state index contributed by atoms with van der Waals surface area (Å²) in [6.07, 6.45) is 3.47. The van der Waals surface area contributed by atoms with E-state index in [4.69, 9.17) is 17.9 Å². The normalized spacial score (nSPS) is 11.4. The van der Waals surface area contributed by atoms with Gasteiger partial charge in [-0.2, -0.15) is 5.10 Å². The number of fused-ring (bicyclic) bond motifs is 1. The van der Waals surface area contributed by atoms with Crippen molar-refractivity contribution < 1.29 is 0 Å². The van der Waals surface area contributed by atoms with Crippen molar-refractivity contribution in [3.63, 3.8) is 0 Å². The zero-order valence-electron chi connectivity index (χ0n) is 20.4. The fourth-order valence-corrected chi connectivity index (χ4v) is 4.56. The summed E-state index contributed by atoms with van der Waals surface area (Å²) < 4.78 is 1.74. The highest BCUT2D eigenvalue weighted by atomic mass is 15.3. The summed E-state index contributed by atoms with van der Waals surface area (Å²) in [6.45, 7) is 2.99. The number of H-pyrrole nitrogens is 1. The Morgan fingerprint density at radius 1 is 0.838 bits per heavy atom. The van der Waals surface area contributed by atoms with Crippen LogP contribution in [0.2, 0.25) is 0 Å². The molecule has 4 heterocycles. The summed E-state index contributed by atoms with van der Waals surface area (Å²) in [6, 6.07) is 28.6. The standard InChI is InChI=1S/C29H24BN7/c1-20-8-7-13-25(33-20)29-28(23-14-15-27-31-19-32-37(27)17-23)34-26(35-29)18-36(30)16-22-11-5-6-12-24(22)21-9-3-2-4-10-21/h2-15,17,19H,16,18H2,1H3,(H,34,35). The van der Waals surface area contributed by atoms with Gasteiger partial charge >= 0.3 is 0 Å². The molecule has 6 aromatic rings. The number of rotatable bonds is 7. The van der Waals surface area contributed by atoms with Gasteiger partial charge in [0.05, 0.1) is 17.1 Å². The minimum atomic E-state index is 0.438. The molecule has 178 valence electrons. The number of hydrogen-bond acceptors (Lipinski definition) is 5. The Kier molecular flexibility index (Phi) is 6.08. The topological polar surface area (TPSA) is 75.0 Å². The van der Waals surface area contributed by atoms with E-state index in [2.05, 4.69) is 45.4 Å². The average Bonchev–Trinajstić information content (AvgIpc) is 3.56. The number of benzene rings is 2. The SMILES string of the molecule is [B]N(Cc1nc(-c2ccc3ncnn3c2)c(-c2cccc(C)n2)[nH]1)Cc1ccccc1-c1ccccc1. The molecule has 1 N–H and O–H groups in total. The molecule has 0 aliphatic rings. The highest BCUT2D eigenvalue weighted by molar-refractivity contribution is 6.04. The van der Waals surface area contributed by atoms with E-state index < -0.39 is 0 Å². The highest BCUT2D eigenvalue weighted by Crippen LogP contribution is 2.30. The molecule has 0 bridgehead atoms. The first-order valence-electron chi connectivity index (χ1n) is 12.1. The largest absolute Gasteiger partial charge is 0.344 e. The molecular formula is C29H24BN7. The summed E-state index contributed by atoms with van der Waals surface area (Å²) in [7, 11) is 6.54. The zero-order chi connectivity index (χ0) is 25.2. The van der Waals surface area contributed by atoms with Crippen LogP contribution in [-0.2, 0) is 13.1 Å². The predicted molar refractivity (Wildman–Crippen MR) is 145 cm³/mol. The molecule has 2 radical (unpaired) electrons. The van der Waals surface area contributed by atoms with Gasteiger partial charge in [-0.25, -0.2) is 14.5 Å². The Hall–Kier alpha value is -4.56. The van der Waals surface area contributed by atoms with E-state index in [0.29, 0.717) is 13.1 Å². The Morgan fingerprint density at radius 2 is 1.68 bits per heavy atom. The number of aryl methyl sites for hydroxylation is 1. The van der Waals surface area contributed by atoms with Crippen LogP contribution in [-0.4, -0.2) is 42.3 Å². The molecule has 0 spiro atoms. The van der Waals surface area contributed by atoms with Crippen molar-refractivity contribution in [2.24, 2.45) is 0 Å². The lowest BCUT2D eigenvalue weighted by molar-refractivity contribution is 0.433. The molecule has 7 nitrogen and oxygen atoms in total. The second-order valence-corrected chi connectivity index (χ2v) is 8.98. The number of hydrogen-bond donors (Lipinski definition) is 1. The number of aromatic amines is 1. The summed E-state index contributed by atoms with van der Waals surface area (Å²) in [5.74, 6) is 0.756. The van der Waals surface area contributed by atoms with Crippen molar-refractivity contribution in [2.45, 2.75) is 20.0 Å². The fraction of sp³-hybridized carbons (Fsp3) is 0.103. The van der Waals surface area contributed by atoms with Crippen LogP contribution < -0.4 is 0 Å². The fourth-order valence-electron chi connectivity index (χ4n) is 4.56. The van der Waals surface area contributed by atoms with E-state index in [0.717, 1.165) is 45.4 Å². The van der Waals surface area contributed by atoms with Crippen molar-refractivity contribution in [1.82, 2.24) is 34.4 Å². The lowest BCUT2D eigenvalue weighted by Crippen LogP contribution is -2.20. The van der Waals surface area contributed by atoms with Crippen LogP contribution in [0, 0.1) is 6.92 Å². The third-order valence-corrected chi connectivity index (χ3v) is 6.27. The first-order chi connectivity index (χ1) is 18.1. The molecule has 0 aliphatic carbocycles. The monoisotopic (exact) mass is 481 g/mol. The van der Waals surface area contributed by atoms with Crippen LogP contribution in [0.25, 0.3) is 39.4 Å². The molecule has 0 amide bonds. The van der Waals surface area contributed by atoms with E-state index in [1.165, 1.54) is 17.5 Å². The molecule has 0 unspecified atom stereocenters. The summed E-state index contributed by atoms with van der Waals surface area (Å²) in [5.41, 5.74) is 8.58. The number of nitrogens with one attached hydrogen (secondary N) is 1. The quantitative estimate of drug-likeness (QED) is 0.316. The molecule has 0 saturated heterocycles. The van der Waals surface area contributed by atoms with E-state index in [1.807, 2.05) is 67.7 Å². The first kappa shape index (κ1) is 22.9. The van der Waals surface area contributed by atoms with Crippen LogP contribution in [0.15, 0.2) is 97.5 Å². The average molecular weight is 481 g/mol. The molecule has 8 heteroatoms. The molecule has 0 saturated carbocycles.